The lowest BCUT2D eigenvalue weighted by Gasteiger charge is -2.07. The average molecular weight is 428 g/mol. The van der Waals surface area contributed by atoms with Crippen LogP contribution in [-0.4, -0.2) is 35.4 Å². The Hall–Kier alpha value is -3.00. The van der Waals surface area contributed by atoms with E-state index in [4.69, 9.17) is 11.6 Å². The smallest absolute Gasteiger partial charge is 0.252 e. The summed E-state index contributed by atoms with van der Waals surface area (Å²) in [5, 5.41) is 12.2. The van der Waals surface area contributed by atoms with Crippen molar-refractivity contribution >= 4 is 29.4 Å². The molecule has 9 heteroatoms. The summed E-state index contributed by atoms with van der Waals surface area (Å²) in [5.41, 5.74) is 3.92. The Morgan fingerprint density at radius 2 is 1.80 bits per heavy atom. The minimum Gasteiger partial charge on any atom is -0.307 e. The maximum Gasteiger partial charge on any atom is 0.252 e. The van der Waals surface area contributed by atoms with Crippen LogP contribution in [0.1, 0.15) is 48.1 Å². The molecular weight excluding hydrogens is 402 g/mol. The molecule has 3 aromatic rings. The monoisotopic (exact) mass is 427 g/mol. The van der Waals surface area contributed by atoms with Gasteiger partial charge in [0.25, 0.3) is 5.95 Å². The van der Waals surface area contributed by atoms with E-state index in [0.717, 1.165) is 47.7 Å². The van der Waals surface area contributed by atoms with Crippen molar-refractivity contribution in [3.8, 4) is 5.95 Å². The number of hydrogen-bond donors (Lipinski definition) is 1. The predicted molar refractivity (Wildman–Crippen MR) is 118 cm³/mol. The summed E-state index contributed by atoms with van der Waals surface area (Å²) in [6, 6.07) is 3.65. The Morgan fingerprint density at radius 3 is 2.47 bits per heavy atom. The summed E-state index contributed by atoms with van der Waals surface area (Å²) in [6.07, 6.45) is 5.17. The quantitative estimate of drug-likeness (QED) is 0.570. The second kappa shape index (κ2) is 9.21. The molecular formula is C21H26ClN7O. The van der Waals surface area contributed by atoms with Crippen molar-refractivity contribution in [2.24, 2.45) is 0 Å². The summed E-state index contributed by atoms with van der Waals surface area (Å²) in [7, 11) is 0. The number of hydrogen-bond acceptors (Lipinski definition) is 5. The fourth-order valence-corrected chi connectivity index (χ4v) is 3.40. The molecule has 0 aromatic carbocycles. The predicted octanol–water partition coefficient (Wildman–Crippen LogP) is 4.20. The van der Waals surface area contributed by atoms with E-state index in [9.17, 15) is 4.79 Å². The lowest BCUT2D eigenvalue weighted by molar-refractivity contribution is -0.111. The van der Waals surface area contributed by atoms with Crippen molar-refractivity contribution in [1.82, 2.24) is 29.5 Å². The topological polar surface area (TPSA) is 90.5 Å². The maximum absolute atomic E-state index is 12.6. The molecule has 30 heavy (non-hydrogen) atoms. The molecule has 0 aliphatic heterocycles. The highest BCUT2D eigenvalue weighted by Gasteiger charge is 2.14. The summed E-state index contributed by atoms with van der Waals surface area (Å²) in [5.74, 6) is 0.599. The number of carbonyl (C=O) groups is 1. The van der Waals surface area contributed by atoms with Crippen LogP contribution in [0.5, 0.6) is 0 Å². The third kappa shape index (κ3) is 4.94. The minimum atomic E-state index is -0.308. The Morgan fingerprint density at radius 1 is 1.10 bits per heavy atom. The third-order valence-corrected chi connectivity index (χ3v) is 4.88. The maximum atomic E-state index is 12.6. The van der Waals surface area contributed by atoms with Gasteiger partial charge in [-0.2, -0.15) is 14.9 Å². The van der Waals surface area contributed by atoms with Gasteiger partial charge in [-0.3, -0.25) is 9.48 Å². The number of aromatic nitrogens is 6. The van der Waals surface area contributed by atoms with Gasteiger partial charge in [-0.25, -0.2) is 9.97 Å². The van der Waals surface area contributed by atoms with Crippen LogP contribution in [0.25, 0.3) is 12.0 Å². The molecule has 0 atom stereocenters. The van der Waals surface area contributed by atoms with E-state index < -0.39 is 0 Å². The third-order valence-electron chi connectivity index (χ3n) is 4.48. The molecule has 3 aromatic heterocycles. The number of aryl methyl sites for hydroxylation is 5. The second-order valence-corrected chi connectivity index (χ2v) is 7.58. The van der Waals surface area contributed by atoms with E-state index in [1.54, 1.807) is 16.8 Å². The lowest BCUT2D eigenvalue weighted by atomic mass is 10.2. The number of nitrogens with zero attached hydrogens (tertiary/aromatic N) is 6. The molecule has 0 saturated carbocycles. The van der Waals surface area contributed by atoms with Crippen molar-refractivity contribution in [2.45, 2.75) is 54.0 Å². The molecule has 0 spiro atoms. The zero-order chi connectivity index (χ0) is 21.8. The first-order valence-electron chi connectivity index (χ1n) is 9.89. The van der Waals surface area contributed by atoms with Gasteiger partial charge in [0.2, 0.25) is 5.91 Å². The largest absolute Gasteiger partial charge is 0.307 e. The van der Waals surface area contributed by atoms with Gasteiger partial charge in [-0.15, -0.1) is 0 Å². The highest BCUT2D eigenvalue weighted by Crippen LogP contribution is 2.22. The van der Waals surface area contributed by atoms with Gasteiger partial charge in [0.05, 0.1) is 11.4 Å². The van der Waals surface area contributed by atoms with Crippen LogP contribution >= 0.6 is 11.6 Å². The summed E-state index contributed by atoms with van der Waals surface area (Å²) in [6.45, 7) is 10.4. The van der Waals surface area contributed by atoms with Crippen molar-refractivity contribution in [2.75, 3.05) is 5.32 Å². The Balaban J connectivity index is 1.80. The molecule has 158 valence electrons. The molecule has 0 aliphatic rings. The number of rotatable bonds is 7. The molecule has 3 rings (SSSR count). The summed E-state index contributed by atoms with van der Waals surface area (Å²) < 4.78 is 3.30. The van der Waals surface area contributed by atoms with Crippen LogP contribution in [0.4, 0.5) is 5.82 Å². The Labute approximate surface area is 181 Å². The molecule has 0 saturated heterocycles. The SMILES string of the molecule is CCCCn1nc(C)c(/C=C/C(=O)Nc2cc(C)nn2-c2nc(C)cc(C)n2)c1Cl. The van der Waals surface area contributed by atoms with Crippen molar-refractivity contribution in [1.29, 1.82) is 0 Å². The van der Waals surface area contributed by atoms with E-state index in [0.29, 0.717) is 16.9 Å². The van der Waals surface area contributed by atoms with Crippen LogP contribution in [0, 0.1) is 27.7 Å². The van der Waals surface area contributed by atoms with Gasteiger partial charge in [0.1, 0.15) is 11.0 Å². The first-order chi connectivity index (χ1) is 14.3. The van der Waals surface area contributed by atoms with Crippen LogP contribution in [0.2, 0.25) is 5.15 Å². The standard InChI is InChI=1S/C21H26ClN7O/c1-6-7-10-28-20(22)17(16(5)27-28)8-9-19(30)25-18-12-15(4)26-29(18)21-23-13(2)11-14(3)24-21/h8-9,11-12H,6-7,10H2,1-5H3,(H,25,30)/b9-8+. The minimum absolute atomic E-state index is 0.308. The van der Waals surface area contributed by atoms with Gasteiger partial charge in [0, 0.05) is 35.6 Å². The molecule has 3 heterocycles. The highest BCUT2D eigenvalue weighted by molar-refractivity contribution is 6.31. The van der Waals surface area contributed by atoms with Gasteiger partial charge in [-0.1, -0.05) is 24.9 Å². The zero-order valence-corrected chi connectivity index (χ0v) is 18.7. The average Bonchev–Trinajstić information content (AvgIpc) is 3.16. The summed E-state index contributed by atoms with van der Waals surface area (Å²) in [4.78, 5) is 21.4. The highest BCUT2D eigenvalue weighted by atomic mass is 35.5. The molecule has 0 bridgehead atoms. The number of amides is 1. The van der Waals surface area contributed by atoms with Crippen molar-refractivity contribution < 1.29 is 4.79 Å². The van der Waals surface area contributed by atoms with E-state index in [2.05, 4.69) is 32.4 Å². The molecule has 1 N–H and O–H groups in total. The van der Waals surface area contributed by atoms with Crippen LogP contribution in [0.3, 0.4) is 0 Å². The van der Waals surface area contributed by atoms with Crippen molar-refractivity contribution in [3.05, 3.63) is 51.7 Å². The summed E-state index contributed by atoms with van der Waals surface area (Å²) >= 11 is 6.43. The first-order valence-corrected chi connectivity index (χ1v) is 10.3. The molecule has 1 amide bonds. The normalized spacial score (nSPS) is 11.4. The number of halogens is 1. The van der Waals surface area contributed by atoms with E-state index >= 15 is 0 Å². The van der Waals surface area contributed by atoms with Crippen LogP contribution < -0.4 is 5.32 Å². The number of carbonyl (C=O) groups excluding carboxylic acids is 1. The van der Waals surface area contributed by atoms with Crippen molar-refractivity contribution in [3.63, 3.8) is 0 Å². The number of nitrogens with one attached hydrogen (secondary N) is 1. The molecule has 0 aliphatic carbocycles. The Bertz CT molecular complexity index is 1080. The number of anilines is 1. The fourth-order valence-electron chi connectivity index (χ4n) is 3.08. The fraction of sp³-hybridized carbons (Fsp3) is 0.381. The number of unbranched alkanes of at least 4 members (excludes halogenated alkanes) is 1. The van der Waals surface area contributed by atoms with E-state index in [1.165, 1.54) is 10.8 Å². The molecule has 0 unspecified atom stereocenters. The van der Waals surface area contributed by atoms with E-state index in [1.807, 2.05) is 33.8 Å². The van der Waals surface area contributed by atoms with Crippen LogP contribution in [0.15, 0.2) is 18.2 Å². The van der Waals surface area contributed by atoms with Gasteiger partial charge in [0.15, 0.2) is 0 Å². The lowest BCUT2D eigenvalue weighted by Crippen LogP contribution is -2.14. The molecule has 0 fully saturated rings. The molecule has 8 nitrogen and oxygen atoms in total. The van der Waals surface area contributed by atoms with Crippen LogP contribution in [-0.2, 0) is 11.3 Å². The van der Waals surface area contributed by atoms with Gasteiger partial charge < -0.3 is 5.32 Å². The zero-order valence-electron chi connectivity index (χ0n) is 17.9. The second-order valence-electron chi connectivity index (χ2n) is 7.22. The van der Waals surface area contributed by atoms with Gasteiger partial charge in [-0.05, 0) is 46.3 Å². The molecule has 0 radical (unpaired) electrons. The first kappa shape index (κ1) is 21.7. The van der Waals surface area contributed by atoms with E-state index in [-0.39, 0.29) is 5.91 Å². The Kier molecular flexibility index (Phi) is 6.66. The van der Waals surface area contributed by atoms with Gasteiger partial charge >= 0.3 is 0 Å².